The number of furan rings is 1. The average Bonchev–Trinajstić information content (AvgIpc) is 3.21. The highest BCUT2D eigenvalue weighted by Gasteiger charge is 2.16. The molecule has 0 radical (unpaired) electrons. The minimum Gasteiger partial charge on any atom is -0.465 e. The Hall–Kier alpha value is -4.20. The van der Waals surface area contributed by atoms with E-state index >= 15 is 0 Å². The van der Waals surface area contributed by atoms with Gasteiger partial charge in [0.25, 0.3) is 17.5 Å². The predicted octanol–water partition coefficient (Wildman–Crippen LogP) is 3.60. The van der Waals surface area contributed by atoms with Gasteiger partial charge < -0.3 is 15.1 Å². The molecule has 1 heterocycles. The minimum absolute atomic E-state index is 0.0738. The fourth-order valence-corrected chi connectivity index (χ4v) is 2.35. The highest BCUT2D eigenvalue weighted by atomic mass is 16.6. The van der Waals surface area contributed by atoms with E-state index in [1.807, 2.05) is 0 Å². The topological polar surface area (TPSA) is 114 Å². The fourth-order valence-electron chi connectivity index (χ4n) is 2.35. The van der Waals surface area contributed by atoms with Gasteiger partial charge >= 0.3 is 0 Å². The van der Waals surface area contributed by atoms with Crippen molar-refractivity contribution in [2.45, 2.75) is 0 Å². The molecule has 3 rings (SSSR count). The number of nitro groups is 1. The Morgan fingerprint density at radius 2 is 1.79 bits per heavy atom. The molecule has 0 fully saturated rings. The number of rotatable bonds is 6. The molecule has 0 saturated carbocycles. The maximum atomic E-state index is 12.7. The number of hydrogen-bond donors (Lipinski definition) is 2. The van der Waals surface area contributed by atoms with Gasteiger partial charge in [-0.1, -0.05) is 24.3 Å². The van der Waals surface area contributed by atoms with Gasteiger partial charge in [-0.25, -0.2) is 0 Å². The number of carbonyl (C=O) groups is 2. The van der Waals surface area contributed by atoms with E-state index in [0.29, 0.717) is 11.3 Å². The van der Waals surface area contributed by atoms with Crippen LogP contribution >= 0.6 is 0 Å². The molecule has 0 aliphatic rings. The van der Waals surface area contributed by atoms with E-state index < -0.39 is 16.7 Å². The molecule has 8 nitrogen and oxygen atoms in total. The number of nitrogens with one attached hydrogen (secondary N) is 2. The summed E-state index contributed by atoms with van der Waals surface area (Å²) in [5.74, 6) is -0.772. The number of hydrogen-bond acceptors (Lipinski definition) is 5. The van der Waals surface area contributed by atoms with Crippen molar-refractivity contribution < 1.29 is 18.9 Å². The first-order chi connectivity index (χ1) is 13.5. The van der Waals surface area contributed by atoms with Crippen LogP contribution in [-0.4, -0.2) is 16.7 Å². The fraction of sp³-hybridized carbons (Fsp3) is 0. The molecular weight excluding hydrogens is 362 g/mol. The first-order valence-electron chi connectivity index (χ1n) is 8.20. The van der Waals surface area contributed by atoms with Crippen molar-refractivity contribution in [3.8, 4) is 0 Å². The smallest absolute Gasteiger partial charge is 0.272 e. The Balaban J connectivity index is 1.84. The second kappa shape index (κ2) is 8.45. The zero-order chi connectivity index (χ0) is 19.9. The van der Waals surface area contributed by atoms with Crippen molar-refractivity contribution in [2.24, 2.45) is 0 Å². The molecule has 140 valence electrons. The third-order valence-electron chi connectivity index (χ3n) is 3.67. The molecule has 1 aromatic heterocycles. The summed E-state index contributed by atoms with van der Waals surface area (Å²) in [7, 11) is 0. The van der Waals surface area contributed by atoms with Gasteiger partial charge in [-0.15, -0.1) is 0 Å². The molecule has 0 unspecified atom stereocenters. The SMILES string of the molecule is O=C(Nc1cccc([N+](=O)[O-])c1)/C(=C/c1ccco1)NC(=O)c1ccccc1. The molecule has 2 amide bonds. The molecule has 8 heteroatoms. The summed E-state index contributed by atoms with van der Waals surface area (Å²) in [6.45, 7) is 0. The van der Waals surface area contributed by atoms with Crippen LogP contribution in [0.1, 0.15) is 16.1 Å². The molecule has 2 aromatic carbocycles. The van der Waals surface area contributed by atoms with E-state index in [4.69, 9.17) is 4.42 Å². The first kappa shape index (κ1) is 18.6. The summed E-state index contributed by atoms with van der Waals surface area (Å²) >= 11 is 0. The van der Waals surface area contributed by atoms with Crippen molar-refractivity contribution in [1.82, 2.24) is 5.32 Å². The maximum absolute atomic E-state index is 12.7. The lowest BCUT2D eigenvalue weighted by Crippen LogP contribution is -2.30. The largest absolute Gasteiger partial charge is 0.465 e. The van der Waals surface area contributed by atoms with E-state index in [2.05, 4.69) is 10.6 Å². The predicted molar refractivity (Wildman–Crippen MR) is 102 cm³/mol. The van der Waals surface area contributed by atoms with Gasteiger partial charge in [0.15, 0.2) is 0 Å². The molecule has 0 aliphatic heterocycles. The lowest BCUT2D eigenvalue weighted by atomic mass is 10.2. The van der Waals surface area contributed by atoms with Gasteiger partial charge in [-0.05, 0) is 30.3 Å². The van der Waals surface area contributed by atoms with Crippen molar-refractivity contribution in [1.29, 1.82) is 0 Å². The van der Waals surface area contributed by atoms with Crippen molar-refractivity contribution in [3.63, 3.8) is 0 Å². The quantitative estimate of drug-likeness (QED) is 0.387. The monoisotopic (exact) mass is 377 g/mol. The highest BCUT2D eigenvalue weighted by Crippen LogP contribution is 2.18. The van der Waals surface area contributed by atoms with Gasteiger partial charge in [0, 0.05) is 29.5 Å². The second-order valence-electron chi connectivity index (χ2n) is 5.66. The van der Waals surface area contributed by atoms with Gasteiger partial charge in [-0.2, -0.15) is 0 Å². The van der Waals surface area contributed by atoms with E-state index in [1.165, 1.54) is 36.6 Å². The van der Waals surface area contributed by atoms with Gasteiger partial charge in [0.05, 0.1) is 11.2 Å². The summed E-state index contributed by atoms with van der Waals surface area (Å²) < 4.78 is 5.21. The Kier molecular flexibility index (Phi) is 5.61. The summed E-state index contributed by atoms with van der Waals surface area (Å²) in [4.78, 5) is 35.4. The lowest BCUT2D eigenvalue weighted by molar-refractivity contribution is -0.384. The van der Waals surface area contributed by atoms with Crippen LogP contribution in [0.25, 0.3) is 6.08 Å². The van der Waals surface area contributed by atoms with Crippen LogP contribution in [0.2, 0.25) is 0 Å². The van der Waals surface area contributed by atoms with Gasteiger partial charge in [0.2, 0.25) is 0 Å². The average molecular weight is 377 g/mol. The minimum atomic E-state index is -0.652. The Labute approximate surface area is 159 Å². The standard InChI is InChI=1S/C20H15N3O5/c24-19(14-6-2-1-3-7-14)22-18(13-17-10-5-11-28-17)20(25)21-15-8-4-9-16(12-15)23(26)27/h1-13H,(H,21,25)(H,22,24)/b18-13-. The van der Waals surface area contributed by atoms with Crippen LogP contribution in [0.3, 0.4) is 0 Å². The van der Waals surface area contributed by atoms with Crippen LogP contribution in [-0.2, 0) is 4.79 Å². The molecule has 28 heavy (non-hydrogen) atoms. The number of benzene rings is 2. The molecule has 0 spiro atoms. The van der Waals surface area contributed by atoms with Crippen molar-refractivity contribution in [3.05, 3.63) is 100 Å². The van der Waals surface area contributed by atoms with Crippen molar-refractivity contribution in [2.75, 3.05) is 5.32 Å². The number of carbonyl (C=O) groups excluding carboxylic acids is 2. The van der Waals surface area contributed by atoms with E-state index in [0.717, 1.165) is 0 Å². The van der Waals surface area contributed by atoms with Crippen LogP contribution < -0.4 is 10.6 Å². The highest BCUT2D eigenvalue weighted by molar-refractivity contribution is 6.10. The zero-order valence-electron chi connectivity index (χ0n) is 14.5. The van der Waals surface area contributed by atoms with Gasteiger partial charge in [0.1, 0.15) is 11.5 Å². The van der Waals surface area contributed by atoms with Gasteiger partial charge in [-0.3, -0.25) is 19.7 Å². The maximum Gasteiger partial charge on any atom is 0.272 e. The number of nitrogens with zero attached hydrogens (tertiary/aromatic N) is 1. The molecule has 2 N–H and O–H groups in total. The summed E-state index contributed by atoms with van der Waals surface area (Å²) in [6, 6.07) is 17.1. The zero-order valence-corrected chi connectivity index (χ0v) is 14.5. The Morgan fingerprint density at radius 3 is 2.46 bits per heavy atom. The van der Waals surface area contributed by atoms with Crippen LogP contribution in [0.4, 0.5) is 11.4 Å². The van der Waals surface area contributed by atoms with E-state index in [9.17, 15) is 19.7 Å². The number of nitro benzene ring substituents is 1. The number of non-ortho nitro benzene ring substituents is 1. The summed E-state index contributed by atoms with van der Waals surface area (Å²) in [6.07, 6.45) is 2.80. The Bertz CT molecular complexity index is 1030. The summed E-state index contributed by atoms with van der Waals surface area (Å²) in [5.41, 5.74) is 0.354. The molecule has 0 atom stereocenters. The molecule has 0 aliphatic carbocycles. The molecule has 0 bridgehead atoms. The normalized spacial score (nSPS) is 10.9. The van der Waals surface area contributed by atoms with Crippen LogP contribution in [0.5, 0.6) is 0 Å². The molecule has 3 aromatic rings. The van der Waals surface area contributed by atoms with Crippen molar-refractivity contribution >= 4 is 29.3 Å². The third kappa shape index (κ3) is 4.70. The molecule has 0 saturated heterocycles. The van der Waals surface area contributed by atoms with Crippen LogP contribution in [0, 0.1) is 10.1 Å². The summed E-state index contributed by atoms with van der Waals surface area (Å²) in [5, 5.41) is 16.0. The van der Waals surface area contributed by atoms with E-state index in [-0.39, 0.29) is 17.1 Å². The Morgan fingerprint density at radius 1 is 1.00 bits per heavy atom. The third-order valence-corrected chi connectivity index (χ3v) is 3.67. The van der Waals surface area contributed by atoms with Crippen LogP contribution in [0.15, 0.2) is 83.1 Å². The lowest BCUT2D eigenvalue weighted by Gasteiger charge is -2.11. The second-order valence-corrected chi connectivity index (χ2v) is 5.66. The number of amides is 2. The number of anilines is 1. The molecular formula is C20H15N3O5. The first-order valence-corrected chi connectivity index (χ1v) is 8.20. The van der Waals surface area contributed by atoms with E-state index in [1.54, 1.807) is 42.5 Å².